The minimum absolute atomic E-state index is 0.0487. The molecule has 1 aromatic rings. The van der Waals surface area contributed by atoms with Gasteiger partial charge in [0.1, 0.15) is 5.60 Å². The first-order valence-electron chi connectivity index (χ1n) is 8.48. The Bertz CT molecular complexity index is 688. The monoisotopic (exact) mass is 360 g/mol. The van der Waals surface area contributed by atoms with E-state index < -0.39 is 29.4 Å². The second-order valence-corrected chi connectivity index (χ2v) is 6.60. The fraction of sp³-hybridized carbons (Fsp3) is 0.450. The van der Waals surface area contributed by atoms with Crippen molar-refractivity contribution in [2.24, 2.45) is 11.8 Å². The number of hydrogen-bond donors (Lipinski definition) is 1. The number of carbonyl (C=O) groups is 3. The van der Waals surface area contributed by atoms with Gasteiger partial charge in [-0.25, -0.2) is 0 Å². The Hall–Kier alpha value is -2.47. The topological polar surface area (TPSA) is 89.9 Å². The van der Waals surface area contributed by atoms with Crippen LogP contribution < -0.4 is 0 Å². The second kappa shape index (κ2) is 8.27. The van der Waals surface area contributed by atoms with Crippen molar-refractivity contribution in [3.63, 3.8) is 0 Å². The molecule has 2 rings (SSSR count). The molecule has 0 amide bonds. The van der Waals surface area contributed by atoms with E-state index in [1.807, 2.05) is 30.3 Å². The number of esters is 2. The van der Waals surface area contributed by atoms with Gasteiger partial charge in [-0.2, -0.15) is 0 Å². The lowest BCUT2D eigenvalue weighted by atomic mass is 9.83. The number of aliphatic hydroxyl groups is 1. The molecule has 1 N–H and O–H groups in total. The van der Waals surface area contributed by atoms with Crippen LogP contribution in [-0.4, -0.2) is 42.6 Å². The normalized spacial score (nSPS) is 22.3. The van der Waals surface area contributed by atoms with Gasteiger partial charge in [-0.3, -0.25) is 14.4 Å². The average molecular weight is 360 g/mol. The highest BCUT2D eigenvalue weighted by molar-refractivity contribution is 6.04. The van der Waals surface area contributed by atoms with Gasteiger partial charge in [-0.15, -0.1) is 0 Å². The van der Waals surface area contributed by atoms with Crippen LogP contribution in [0.25, 0.3) is 0 Å². The van der Waals surface area contributed by atoms with E-state index in [-0.39, 0.29) is 12.2 Å². The molecule has 26 heavy (non-hydrogen) atoms. The zero-order valence-corrected chi connectivity index (χ0v) is 15.2. The molecule has 1 aromatic carbocycles. The first-order chi connectivity index (χ1) is 12.3. The Kier molecular flexibility index (Phi) is 6.32. The molecule has 0 radical (unpaired) electrons. The standard InChI is InChI=1S/C20H24O6/c1-20(24)15(12-16(18(22)25-2)19(23)26-3)11-14(17(20)21)10-9-13-7-5-4-6-8-13/h4-8,11,15-16,24H,9-10,12H2,1-3H3/t15-,20-/m0/s1. The summed E-state index contributed by atoms with van der Waals surface area (Å²) < 4.78 is 9.29. The van der Waals surface area contributed by atoms with E-state index in [0.29, 0.717) is 18.4 Å². The summed E-state index contributed by atoms with van der Waals surface area (Å²) in [6.45, 7) is 1.41. The highest BCUT2D eigenvalue weighted by Gasteiger charge is 2.47. The fourth-order valence-corrected chi connectivity index (χ4v) is 3.22. The van der Waals surface area contributed by atoms with Crippen LogP contribution in [0.2, 0.25) is 0 Å². The van der Waals surface area contributed by atoms with Crippen molar-refractivity contribution in [3.8, 4) is 0 Å². The number of benzene rings is 1. The zero-order chi connectivity index (χ0) is 19.3. The summed E-state index contributed by atoms with van der Waals surface area (Å²) >= 11 is 0. The molecule has 6 heteroatoms. The SMILES string of the molecule is COC(=O)C(C[C@@H]1C=C(CCc2ccccc2)C(=O)[C@@]1(C)O)C(=O)OC. The average Bonchev–Trinajstić information content (AvgIpc) is 2.87. The number of rotatable bonds is 7. The highest BCUT2D eigenvalue weighted by atomic mass is 16.5. The smallest absolute Gasteiger partial charge is 0.320 e. The van der Waals surface area contributed by atoms with Crippen molar-refractivity contribution < 1.29 is 29.0 Å². The molecule has 0 bridgehead atoms. The molecule has 0 saturated heterocycles. The molecule has 1 aliphatic carbocycles. The summed E-state index contributed by atoms with van der Waals surface area (Å²) in [5.74, 6) is -3.70. The van der Waals surface area contributed by atoms with E-state index in [1.54, 1.807) is 6.08 Å². The number of Topliss-reactive ketones (excluding diaryl/α,β-unsaturated/α-hetero) is 1. The van der Waals surface area contributed by atoms with E-state index >= 15 is 0 Å². The number of aryl methyl sites for hydroxylation is 1. The summed E-state index contributed by atoms with van der Waals surface area (Å²) in [5.41, 5.74) is -0.0598. The Morgan fingerprint density at radius 3 is 2.23 bits per heavy atom. The summed E-state index contributed by atoms with van der Waals surface area (Å²) in [7, 11) is 2.36. The number of hydrogen-bond acceptors (Lipinski definition) is 6. The molecule has 0 aromatic heterocycles. The predicted molar refractivity (Wildman–Crippen MR) is 94.1 cm³/mol. The third-order valence-electron chi connectivity index (χ3n) is 4.86. The predicted octanol–water partition coefficient (Wildman–Crippen LogP) is 1.85. The van der Waals surface area contributed by atoms with E-state index in [0.717, 1.165) is 5.56 Å². The quantitative estimate of drug-likeness (QED) is 0.589. The minimum atomic E-state index is -1.66. The Labute approximate surface area is 152 Å². The first-order valence-corrected chi connectivity index (χ1v) is 8.48. The van der Waals surface area contributed by atoms with Crippen molar-refractivity contribution in [2.45, 2.75) is 31.8 Å². The molecule has 1 aliphatic rings. The number of carbonyl (C=O) groups excluding carboxylic acids is 3. The van der Waals surface area contributed by atoms with Gasteiger partial charge in [0.2, 0.25) is 0 Å². The Morgan fingerprint density at radius 2 is 1.69 bits per heavy atom. The summed E-state index contributed by atoms with van der Waals surface area (Å²) in [6, 6.07) is 9.72. The van der Waals surface area contributed by atoms with E-state index in [2.05, 4.69) is 9.47 Å². The Balaban J connectivity index is 2.15. The van der Waals surface area contributed by atoms with Gasteiger partial charge in [0.25, 0.3) is 0 Å². The van der Waals surface area contributed by atoms with Crippen molar-refractivity contribution >= 4 is 17.7 Å². The van der Waals surface area contributed by atoms with Crippen molar-refractivity contribution in [1.82, 2.24) is 0 Å². The van der Waals surface area contributed by atoms with Crippen molar-refractivity contribution in [3.05, 3.63) is 47.5 Å². The maximum atomic E-state index is 12.6. The maximum absolute atomic E-state index is 12.6. The molecule has 140 valence electrons. The first kappa shape index (κ1) is 19.8. The zero-order valence-electron chi connectivity index (χ0n) is 15.2. The molecule has 0 heterocycles. The van der Waals surface area contributed by atoms with Crippen LogP contribution in [0.3, 0.4) is 0 Å². The van der Waals surface area contributed by atoms with E-state index in [9.17, 15) is 19.5 Å². The van der Waals surface area contributed by atoms with Gasteiger partial charge in [0.15, 0.2) is 11.7 Å². The van der Waals surface area contributed by atoms with Gasteiger partial charge in [-0.1, -0.05) is 36.4 Å². The molecule has 0 spiro atoms. The minimum Gasteiger partial charge on any atom is -0.468 e. The van der Waals surface area contributed by atoms with Gasteiger partial charge < -0.3 is 14.6 Å². The Morgan fingerprint density at radius 1 is 1.12 bits per heavy atom. The molecule has 0 unspecified atom stereocenters. The molecule has 0 saturated carbocycles. The highest BCUT2D eigenvalue weighted by Crippen LogP contribution is 2.37. The van der Waals surface area contributed by atoms with Crippen LogP contribution in [-0.2, 0) is 30.3 Å². The lowest BCUT2D eigenvalue weighted by molar-refractivity contribution is -0.160. The molecular weight excluding hydrogens is 336 g/mol. The van der Waals surface area contributed by atoms with Gasteiger partial charge >= 0.3 is 11.9 Å². The number of ketones is 1. The number of methoxy groups -OCH3 is 2. The van der Waals surface area contributed by atoms with Crippen LogP contribution in [0.1, 0.15) is 25.3 Å². The van der Waals surface area contributed by atoms with Crippen LogP contribution >= 0.6 is 0 Å². The maximum Gasteiger partial charge on any atom is 0.320 e. The van der Waals surface area contributed by atoms with Crippen molar-refractivity contribution in [1.29, 1.82) is 0 Å². The molecule has 0 fully saturated rings. The molecule has 6 nitrogen and oxygen atoms in total. The molecule has 2 atom stereocenters. The van der Waals surface area contributed by atoms with Crippen molar-refractivity contribution in [2.75, 3.05) is 14.2 Å². The number of ether oxygens (including phenoxy) is 2. The second-order valence-electron chi connectivity index (χ2n) is 6.60. The van der Waals surface area contributed by atoms with Gasteiger partial charge in [-0.05, 0) is 37.3 Å². The summed E-state index contributed by atoms with van der Waals surface area (Å²) in [5, 5.41) is 10.6. The van der Waals surface area contributed by atoms with Gasteiger partial charge in [0, 0.05) is 5.92 Å². The molecular formula is C20H24O6. The largest absolute Gasteiger partial charge is 0.468 e. The fourth-order valence-electron chi connectivity index (χ4n) is 3.22. The lowest BCUT2D eigenvalue weighted by Gasteiger charge is -2.26. The van der Waals surface area contributed by atoms with Crippen LogP contribution in [0.4, 0.5) is 0 Å². The lowest BCUT2D eigenvalue weighted by Crippen LogP contribution is -2.41. The van der Waals surface area contributed by atoms with E-state index in [4.69, 9.17) is 0 Å². The van der Waals surface area contributed by atoms with E-state index in [1.165, 1.54) is 21.1 Å². The summed E-state index contributed by atoms with van der Waals surface area (Å²) in [6.07, 6.45) is 2.77. The van der Waals surface area contributed by atoms with Crippen LogP contribution in [0.15, 0.2) is 42.0 Å². The van der Waals surface area contributed by atoms with Gasteiger partial charge in [0.05, 0.1) is 14.2 Å². The third kappa shape index (κ3) is 4.19. The third-order valence-corrected chi connectivity index (χ3v) is 4.86. The molecule has 0 aliphatic heterocycles. The van der Waals surface area contributed by atoms with Crippen LogP contribution in [0.5, 0.6) is 0 Å². The van der Waals surface area contributed by atoms with Crippen LogP contribution in [0, 0.1) is 11.8 Å². The summed E-state index contributed by atoms with van der Waals surface area (Å²) in [4.78, 5) is 36.3.